The number of amides is 3. The molecule has 0 bridgehead atoms. The Hall–Kier alpha value is -3.28. The van der Waals surface area contributed by atoms with Gasteiger partial charge in [0.2, 0.25) is 11.9 Å². The highest BCUT2D eigenvalue weighted by atomic mass is 35.5. The van der Waals surface area contributed by atoms with E-state index in [-0.39, 0.29) is 29.7 Å². The lowest BCUT2D eigenvalue weighted by Gasteiger charge is -2.17. The second kappa shape index (κ2) is 11.9. The Labute approximate surface area is 192 Å². The SMILES string of the molecule is CCC(=O)Nc1cc([S+]([O-])c2ccc(Cl)cc2)ccc1NC(=NC(=O)OC)NC(=O)OC. The molecule has 3 amide bonds. The molecule has 0 fully saturated rings. The van der Waals surface area contributed by atoms with Gasteiger partial charge in [0, 0.05) is 28.7 Å². The Morgan fingerprint density at radius 3 is 2.25 bits per heavy atom. The van der Waals surface area contributed by atoms with Crippen LogP contribution in [-0.2, 0) is 25.4 Å². The van der Waals surface area contributed by atoms with Crippen LogP contribution in [0.25, 0.3) is 0 Å². The second-order valence-corrected chi connectivity index (χ2v) is 7.92. The Kier molecular flexibility index (Phi) is 9.32. The third-order valence-corrected chi connectivity index (χ3v) is 5.50. The normalized spacial score (nSPS) is 11.8. The van der Waals surface area contributed by atoms with Gasteiger partial charge in [0.15, 0.2) is 9.79 Å². The van der Waals surface area contributed by atoms with Crippen molar-refractivity contribution in [2.45, 2.75) is 23.1 Å². The summed E-state index contributed by atoms with van der Waals surface area (Å²) >= 11 is 4.33. The van der Waals surface area contributed by atoms with E-state index in [1.54, 1.807) is 37.3 Å². The lowest BCUT2D eigenvalue weighted by Crippen LogP contribution is -2.36. The molecule has 12 heteroatoms. The van der Waals surface area contributed by atoms with Crippen LogP contribution in [0.5, 0.6) is 0 Å². The van der Waals surface area contributed by atoms with E-state index in [0.29, 0.717) is 14.8 Å². The maximum atomic E-state index is 12.9. The first-order valence-corrected chi connectivity index (χ1v) is 10.7. The summed E-state index contributed by atoms with van der Waals surface area (Å²) in [5.74, 6) is -0.614. The van der Waals surface area contributed by atoms with Gasteiger partial charge in [-0.25, -0.2) is 9.59 Å². The van der Waals surface area contributed by atoms with E-state index in [0.717, 1.165) is 14.2 Å². The Balaban J connectivity index is 2.42. The largest absolute Gasteiger partial charge is 0.606 e. The number of alkyl carbamates (subject to hydrolysis) is 1. The molecule has 0 aromatic heterocycles. The number of hydrogen-bond donors (Lipinski definition) is 3. The van der Waals surface area contributed by atoms with Gasteiger partial charge in [-0.15, -0.1) is 4.99 Å². The van der Waals surface area contributed by atoms with Crippen LogP contribution in [-0.4, -0.2) is 42.8 Å². The monoisotopic (exact) mass is 480 g/mol. The molecule has 3 N–H and O–H groups in total. The number of halogens is 1. The van der Waals surface area contributed by atoms with Crippen molar-refractivity contribution in [1.82, 2.24) is 5.32 Å². The number of rotatable bonds is 5. The number of hydrogen-bond acceptors (Lipinski definition) is 6. The molecular formula is C20H21ClN4O6S. The van der Waals surface area contributed by atoms with Crippen molar-refractivity contribution in [3.63, 3.8) is 0 Å². The first-order valence-electron chi connectivity index (χ1n) is 9.17. The zero-order valence-electron chi connectivity index (χ0n) is 17.4. The molecule has 0 spiro atoms. The van der Waals surface area contributed by atoms with Crippen molar-refractivity contribution < 1.29 is 28.4 Å². The van der Waals surface area contributed by atoms with Crippen molar-refractivity contribution in [2.24, 2.45) is 4.99 Å². The molecule has 1 atom stereocenters. The average Bonchev–Trinajstić information content (AvgIpc) is 2.79. The fourth-order valence-corrected chi connectivity index (χ4v) is 3.48. The molecule has 32 heavy (non-hydrogen) atoms. The van der Waals surface area contributed by atoms with Gasteiger partial charge in [-0.3, -0.25) is 10.1 Å². The third kappa shape index (κ3) is 7.15. The molecule has 2 aromatic carbocycles. The topological polar surface area (TPSA) is 141 Å². The van der Waals surface area contributed by atoms with Crippen LogP contribution >= 0.6 is 11.6 Å². The molecule has 0 aliphatic rings. The van der Waals surface area contributed by atoms with E-state index in [2.05, 4.69) is 30.4 Å². The fraction of sp³-hybridized carbons (Fsp3) is 0.200. The van der Waals surface area contributed by atoms with Gasteiger partial charge < -0.3 is 24.7 Å². The Morgan fingerprint density at radius 2 is 1.66 bits per heavy atom. The molecule has 0 saturated carbocycles. The number of carbonyl (C=O) groups excluding carboxylic acids is 3. The molecule has 2 rings (SSSR count). The maximum Gasteiger partial charge on any atom is 0.436 e. The summed E-state index contributed by atoms with van der Waals surface area (Å²) in [5, 5.41) is 8.16. The van der Waals surface area contributed by atoms with Gasteiger partial charge in [0.1, 0.15) is 0 Å². The Morgan fingerprint density at radius 1 is 1.00 bits per heavy atom. The van der Waals surface area contributed by atoms with E-state index < -0.39 is 23.4 Å². The van der Waals surface area contributed by atoms with Gasteiger partial charge in [-0.1, -0.05) is 18.5 Å². The second-order valence-electron chi connectivity index (χ2n) is 6.00. The molecule has 2 aromatic rings. The van der Waals surface area contributed by atoms with Crippen molar-refractivity contribution in [1.29, 1.82) is 0 Å². The molecule has 170 valence electrons. The van der Waals surface area contributed by atoms with Crippen LogP contribution in [0.2, 0.25) is 5.02 Å². The van der Waals surface area contributed by atoms with Crippen LogP contribution in [0, 0.1) is 0 Å². The van der Waals surface area contributed by atoms with Gasteiger partial charge in [-0.05, 0) is 36.4 Å². The van der Waals surface area contributed by atoms with E-state index in [1.165, 1.54) is 12.1 Å². The summed E-state index contributed by atoms with van der Waals surface area (Å²) in [5.41, 5.74) is 0.517. The number of guanidine groups is 1. The van der Waals surface area contributed by atoms with E-state index >= 15 is 0 Å². The minimum atomic E-state index is -1.56. The maximum absolute atomic E-state index is 12.9. The van der Waals surface area contributed by atoms with E-state index in [9.17, 15) is 18.9 Å². The van der Waals surface area contributed by atoms with Crippen molar-refractivity contribution in [3.05, 3.63) is 47.5 Å². The highest BCUT2D eigenvalue weighted by Crippen LogP contribution is 2.29. The van der Waals surface area contributed by atoms with Crippen LogP contribution in [0.15, 0.2) is 57.2 Å². The summed E-state index contributed by atoms with van der Waals surface area (Å²) < 4.78 is 21.9. The number of ether oxygens (including phenoxy) is 2. The highest BCUT2D eigenvalue weighted by molar-refractivity contribution is 7.91. The molecule has 0 saturated heterocycles. The fourth-order valence-electron chi connectivity index (χ4n) is 2.28. The number of aliphatic imine (C=N–C) groups is 1. The third-order valence-electron chi connectivity index (χ3n) is 3.86. The molecule has 10 nitrogen and oxygen atoms in total. The quantitative estimate of drug-likeness (QED) is 0.336. The molecule has 0 heterocycles. The summed E-state index contributed by atoms with van der Waals surface area (Å²) in [6, 6.07) is 11.1. The number of nitrogens with one attached hydrogen (secondary N) is 3. The first-order chi connectivity index (χ1) is 15.3. The van der Waals surface area contributed by atoms with E-state index in [1.807, 2.05) is 0 Å². The zero-order chi connectivity index (χ0) is 23.7. The predicted octanol–water partition coefficient (Wildman–Crippen LogP) is 3.75. The van der Waals surface area contributed by atoms with Crippen LogP contribution in [0.3, 0.4) is 0 Å². The number of anilines is 2. The number of benzene rings is 2. The van der Waals surface area contributed by atoms with Crippen LogP contribution in [0.4, 0.5) is 21.0 Å². The molecule has 0 radical (unpaired) electrons. The van der Waals surface area contributed by atoms with Gasteiger partial charge >= 0.3 is 12.2 Å². The molecular weight excluding hydrogens is 460 g/mol. The average molecular weight is 481 g/mol. The summed E-state index contributed by atoms with van der Waals surface area (Å²) in [6.07, 6.45) is -1.68. The Bertz CT molecular complexity index is 1020. The predicted molar refractivity (Wildman–Crippen MR) is 120 cm³/mol. The number of carbonyl (C=O) groups is 3. The minimum absolute atomic E-state index is 0.188. The zero-order valence-corrected chi connectivity index (χ0v) is 19.0. The minimum Gasteiger partial charge on any atom is -0.606 e. The summed E-state index contributed by atoms with van der Waals surface area (Å²) in [4.78, 5) is 39.7. The standard InChI is InChI=1S/C20H21ClN4O6S/c1-4-17(26)22-16-11-14(32(29)13-7-5-12(21)6-8-13)9-10-15(16)23-18(24-19(27)30-2)25-20(28)31-3/h5-11H,4H2,1-3H3,(H,22,26)(H2,23,24,25,27,28). The first kappa shape index (κ1) is 25.0. The smallest absolute Gasteiger partial charge is 0.436 e. The molecule has 0 aliphatic heterocycles. The van der Waals surface area contributed by atoms with Gasteiger partial charge in [-0.2, -0.15) is 0 Å². The van der Waals surface area contributed by atoms with E-state index in [4.69, 9.17) is 11.6 Å². The lowest BCUT2D eigenvalue weighted by atomic mass is 10.2. The van der Waals surface area contributed by atoms with Gasteiger partial charge in [0.05, 0.1) is 25.6 Å². The van der Waals surface area contributed by atoms with Gasteiger partial charge in [0.25, 0.3) is 0 Å². The highest BCUT2D eigenvalue weighted by Gasteiger charge is 2.19. The lowest BCUT2D eigenvalue weighted by molar-refractivity contribution is -0.115. The van der Waals surface area contributed by atoms with Crippen molar-refractivity contribution in [3.8, 4) is 0 Å². The molecule has 0 aliphatic carbocycles. The number of nitrogens with zero attached hydrogens (tertiary/aromatic N) is 1. The van der Waals surface area contributed by atoms with Crippen LogP contribution < -0.4 is 16.0 Å². The van der Waals surface area contributed by atoms with Crippen molar-refractivity contribution in [2.75, 3.05) is 24.9 Å². The molecule has 1 unspecified atom stereocenters. The summed E-state index contributed by atoms with van der Waals surface area (Å²) in [7, 11) is 2.26. The van der Waals surface area contributed by atoms with Crippen molar-refractivity contribution >= 4 is 58.2 Å². The number of methoxy groups -OCH3 is 2. The van der Waals surface area contributed by atoms with Crippen LogP contribution in [0.1, 0.15) is 13.3 Å². The summed E-state index contributed by atoms with van der Waals surface area (Å²) in [6.45, 7) is 1.67.